The van der Waals surface area contributed by atoms with Crippen LogP contribution in [0.1, 0.15) is 47.9 Å². The normalized spacial score (nSPS) is 23.0. The Morgan fingerprint density at radius 1 is 1.26 bits per heavy atom. The van der Waals surface area contributed by atoms with Gasteiger partial charge in [0.15, 0.2) is 11.4 Å². The van der Waals surface area contributed by atoms with Crippen molar-refractivity contribution in [3.63, 3.8) is 0 Å². The van der Waals surface area contributed by atoms with Gasteiger partial charge in [-0.25, -0.2) is 15.0 Å². The fourth-order valence-electron chi connectivity index (χ4n) is 4.36. The molecule has 4 heterocycles. The van der Waals surface area contributed by atoms with Gasteiger partial charge in [-0.05, 0) is 51.2 Å². The molecule has 31 heavy (non-hydrogen) atoms. The molecule has 3 atom stereocenters. The number of amides is 1. The van der Waals surface area contributed by atoms with Gasteiger partial charge in [0, 0.05) is 36.7 Å². The maximum absolute atomic E-state index is 13.3. The average Bonchev–Trinajstić information content (AvgIpc) is 2.75. The maximum atomic E-state index is 13.3. The standard InChI is InChI=1S/C21H24F3N5O2/c1-3-31-17-7-4-12(2)27-18(17)19(30)29-11-13-5-6-15(29)8-16(13)28-20-25-9-14(10-26-20)21(22,23)24/h4,7,9-10,13,15-16H,3,5-6,8,11H2,1-2H3,(H,25,26,28). The molecule has 2 aromatic heterocycles. The van der Waals surface area contributed by atoms with Crippen molar-refractivity contribution in [1.29, 1.82) is 0 Å². The van der Waals surface area contributed by atoms with Crippen LogP contribution in [0.4, 0.5) is 19.1 Å². The fourth-order valence-corrected chi connectivity index (χ4v) is 4.36. The van der Waals surface area contributed by atoms with E-state index in [-0.39, 0.29) is 29.9 Å². The molecule has 2 saturated heterocycles. The molecule has 1 aliphatic carbocycles. The van der Waals surface area contributed by atoms with Crippen molar-refractivity contribution in [3.8, 4) is 5.75 Å². The second-order valence-corrected chi connectivity index (χ2v) is 7.96. The lowest BCUT2D eigenvalue weighted by atomic mass is 9.76. The van der Waals surface area contributed by atoms with E-state index in [9.17, 15) is 18.0 Å². The molecule has 1 amide bonds. The lowest BCUT2D eigenvalue weighted by molar-refractivity contribution is -0.138. The van der Waals surface area contributed by atoms with Crippen LogP contribution in [-0.4, -0.2) is 51.0 Å². The summed E-state index contributed by atoms with van der Waals surface area (Å²) < 4.78 is 43.7. The molecule has 2 bridgehead atoms. The first-order valence-electron chi connectivity index (χ1n) is 10.3. The summed E-state index contributed by atoms with van der Waals surface area (Å²) in [6.45, 7) is 4.68. The van der Waals surface area contributed by atoms with Crippen molar-refractivity contribution in [2.45, 2.75) is 51.4 Å². The largest absolute Gasteiger partial charge is 0.491 e. The van der Waals surface area contributed by atoms with E-state index in [1.54, 1.807) is 6.07 Å². The highest BCUT2D eigenvalue weighted by atomic mass is 19.4. The van der Waals surface area contributed by atoms with Gasteiger partial charge in [-0.2, -0.15) is 13.2 Å². The molecule has 2 aromatic rings. The number of alkyl halides is 3. The van der Waals surface area contributed by atoms with Crippen LogP contribution in [0.5, 0.6) is 5.75 Å². The van der Waals surface area contributed by atoms with Gasteiger partial charge < -0.3 is 15.0 Å². The van der Waals surface area contributed by atoms with Crippen molar-refractivity contribution in [1.82, 2.24) is 19.9 Å². The second-order valence-electron chi connectivity index (χ2n) is 7.96. The minimum atomic E-state index is -4.46. The highest BCUT2D eigenvalue weighted by Crippen LogP contribution is 2.38. The van der Waals surface area contributed by atoms with Gasteiger partial charge >= 0.3 is 6.18 Å². The number of anilines is 1. The minimum absolute atomic E-state index is 0.00336. The second kappa shape index (κ2) is 8.32. The van der Waals surface area contributed by atoms with Crippen molar-refractivity contribution in [3.05, 3.63) is 41.5 Å². The summed E-state index contributed by atoms with van der Waals surface area (Å²) in [5, 5.41) is 3.16. The molecular weight excluding hydrogens is 411 g/mol. The van der Waals surface area contributed by atoms with E-state index >= 15 is 0 Å². The van der Waals surface area contributed by atoms with Crippen molar-refractivity contribution < 1.29 is 22.7 Å². The smallest absolute Gasteiger partial charge is 0.419 e. The van der Waals surface area contributed by atoms with Crippen LogP contribution in [0.25, 0.3) is 0 Å². The van der Waals surface area contributed by atoms with Crippen LogP contribution in [0.15, 0.2) is 24.5 Å². The number of aromatic nitrogens is 3. The third kappa shape index (κ3) is 4.42. The summed E-state index contributed by atoms with van der Waals surface area (Å²) in [5.74, 6) is 0.654. The van der Waals surface area contributed by atoms with Crippen LogP contribution >= 0.6 is 0 Å². The number of pyridine rings is 1. The molecule has 0 aromatic carbocycles. The van der Waals surface area contributed by atoms with Gasteiger partial charge in [-0.3, -0.25) is 4.79 Å². The monoisotopic (exact) mass is 435 g/mol. The quantitative estimate of drug-likeness (QED) is 0.772. The Morgan fingerprint density at radius 3 is 2.61 bits per heavy atom. The number of fused-ring (bicyclic) bond motifs is 3. The van der Waals surface area contributed by atoms with E-state index in [1.807, 2.05) is 24.8 Å². The molecule has 3 aliphatic rings. The number of halogens is 3. The van der Waals surface area contributed by atoms with Crippen LogP contribution in [0.3, 0.4) is 0 Å². The van der Waals surface area contributed by atoms with Crippen molar-refractivity contribution in [2.24, 2.45) is 5.92 Å². The first kappa shape index (κ1) is 21.3. The lowest BCUT2D eigenvalue weighted by Gasteiger charge is -2.49. The van der Waals surface area contributed by atoms with Gasteiger partial charge in [0.1, 0.15) is 0 Å². The van der Waals surface area contributed by atoms with Gasteiger partial charge in [-0.15, -0.1) is 0 Å². The zero-order valence-corrected chi connectivity index (χ0v) is 17.3. The molecule has 3 fully saturated rings. The summed E-state index contributed by atoms with van der Waals surface area (Å²) in [6.07, 6.45) is -0.426. The topological polar surface area (TPSA) is 80.2 Å². The Kier molecular flexibility index (Phi) is 5.72. The lowest BCUT2D eigenvalue weighted by Crippen LogP contribution is -2.58. The summed E-state index contributed by atoms with van der Waals surface area (Å²) in [7, 11) is 0. The molecule has 1 N–H and O–H groups in total. The number of hydrogen-bond acceptors (Lipinski definition) is 6. The molecular formula is C21H24F3N5O2. The predicted molar refractivity (Wildman–Crippen MR) is 107 cm³/mol. The number of nitrogens with one attached hydrogen (secondary N) is 1. The Bertz CT molecular complexity index is 951. The highest BCUT2D eigenvalue weighted by molar-refractivity contribution is 5.95. The molecule has 1 saturated carbocycles. The number of aryl methyl sites for hydroxylation is 1. The van der Waals surface area contributed by atoms with Crippen molar-refractivity contribution >= 4 is 11.9 Å². The van der Waals surface area contributed by atoms with Gasteiger partial charge in [0.05, 0.1) is 12.2 Å². The molecule has 10 heteroatoms. The number of rotatable bonds is 5. The minimum Gasteiger partial charge on any atom is -0.491 e. The predicted octanol–water partition coefficient (Wildman–Crippen LogP) is 3.70. The summed E-state index contributed by atoms with van der Waals surface area (Å²) in [4.78, 5) is 27.2. The van der Waals surface area contributed by atoms with Crippen LogP contribution < -0.4 is 10.1 Å². The molecule has 7 nitrogen and oxygen atoms in total. The summed E-state index contributed by atoms with van der Waals surface area (Å²) in [5.41, 5.74) is 0.189. The van der Waals surface area contributed by atoms with E-state index in [0.29, 0.717) is 31.0 Å². The molecule has 0 spiro atoms. The zero-order chi connectivity index (χ0) is 22.2. The van der Waals surface area contributed by atoms with Crippen LogP contribution in [-0.2, 0) is 6.18 Å². The SMILES string of the molecule is CCOc1ccc(C)nc1C(=O)N1CC2CCC1CC2Nc1ncc(C(F)(F)F)cn1. The fraction of sp³-hybridized carbons (Fsp3) is 0.524. The summed E-state index contributed by atoms with van der Waals surface area (Å²) in [6, 6.07) is 3.60. The van der Waals surface area contributed by atoms with Crippen LogP contribution in [0, 0.1) is 12.8 Å². The van der Waals surface area contributed by atoms with E-state index in [4.69, 9.17) is 4.74 Å². The van der Waals surface area contributed by atoms with Gasteiger partial charge in [0.25, 0.3) is 5.91 Å². The Labute approximate surface area is 178 Å². The number of hydrogen-bond donors (Lipinski definition) is 1. The maximum Gasteiger partial charge on any atom is 0.419 e. The Hall–Kier alpha value is -2.91. The number of carbonyl (C=O) groups is 1. The Morgan fingerprint density at radius 2 is 2.00 bits per heavy atom. The number of piperidine rings is 2. The molecule has 5 rings (SSSR count). The first-order chi connectivity index (χ1) is 14.8. The molecule has 0 radical (unpaired) electrons. The van der Waals surface area contributed by atoms with E-state index in [1.165, 1.54) is 0 Å². The highest BCUT2D eigenvalue weighted by Gasteiger charge is 2.43. The zero-order valence-electron chi connectivity index (χ0n) is 17.3. The van der Waals surface area contributed by atoms with E-state index < -0.39 is 11.7 Å². The number of ether oxygens (including phenoxy) is 1. The van der Waals surface area contributed by atoms with E-state index in [2.05, 4.69) is 20.3 Å². The first-order valence-corrected chi connectivity index (χ1v) is 10.3. The third-order valence-electron chi connectivity index (χ3n) is 5.89. The summed E-state index contributed by atoms with van der Waals surface area (Å²) >= 11 is 0. The van der Waals surface area contributed by atoms with Gasteiger partial charge in [-0.1, -0.05) is 0 Å². The van der Waals surface area contributed by atoms with Crippen molar-refractivity contribution in [2.75, 3.05) is 18.5 Å². The third-order valence-corrected chi connectivity index (χ3v) is 5.89. The Balaban J connectivity index is 1.46. The average molecular weight is 435 g/mol. The van der Waals surface area contributed by atoms with E-state index in [0.717, 1.165) is 30.9 Å². The molecule has 2 aliphatic heterocycles. The number of nitrogens with zero attached hydrogens (tertiary/aromatic N) is 4. The van der Waals surface area contributed by atoms with Gasteiger partial charge in [0.2, 0.25) is 5.95 Å². The molecule has 3 unspecified atom stereocenters. The molecule has 166 valence electrons. The number of carbonyl (C=O) groups excluding carboxylic acids is 1. The van der Waals surface area contributed by atoms with Crippen LogP contribution in [0.2, 0.25) is 0 Å².